The van der Waals surface area contributed by atoms with Gasteiger partial charge in [0.25, 0.3) is 0 Å². The average Bonchev–Trinajstić information content (AvgIpc) is 2.43. The van der Waals surface area contributed by atoms with Crippen LogP contribution in [0.1, 0.15) is 110 Å². The zero-order valence-corrected chi connectivity index (χ0v) is 16.4. The standard InChI is InChI=1S/C18H36O2.Ir/c1-2-3-4-5-6-7-8-9-10-11-12-13-14-15-16-17-18(19)20;/h2-17H2,1H3,(H,19,20);. The molecule has 0 aliphatic rings. The molecule has 0 saturated carbocycles. The first-order valence-corrected chi connectivity index (χ1v) is 8.99. The van der Waals surface area contributed by atoms with Crippen LogP contribution in [0.15, 0.2) is 0 Å². The molecule has 129 valence electrons. The molecular formula is C18H36IrO2. The summed E-state index contributed by atoms with van der Waals surface area (Å²) in [7, 11) is 0. The van der Waals surface area contributed by atoms with Gasteiger partial charge in [0.05, 0.1) is 0 Å². The molecule has 0 heterocycles. The van der Waals surface area contributed by atoms with Gasteiger partial charge in [0.1, 0.15) is 0 Å². The van der Waals surface area contributed by atoms with E-state index in [0.29, 0.717) is 6.42 Å². The van der Waals surface area contributed by atoms with E-state index in [2.05, 4.69) is 6.92 Å². The Labute approximate surface area is 145 Å². The number of carbonyl (C=O) groups is 1. The molecule has 0 fully saturated rings. The van der Waals surface area contributed by atoms with E-state index in [4.69, 9.17) is 5.11 Å². The van der Waals surface area contributed by atoms with Crippen LogP contribution in [0.2, 0.25) is 0 Å². The Hall–Kier alpha value is 0.119. The van der Waals surface area contributed by atoms with Crippen molar-refractivity contribution in [3.05, 3.63) is 0 Å². The molecule has 3 heteroatoms. The zero-order chi connectivity index (χ0) is 14.9. The van der Waals surface area contributed by atoms with Gasteiger partial charge >= 0.3 is 5.97 Å². The van der Waals surface area contributed by atoms with Gasteiger partial charge in [0, 0.05) is 26.5 Å². The van der Waals surface area contributed by atoms with Crippen LogP contribution < -0.4 is 0 Å². The molecule has 1 N–H and O–H groups in total. The molecule has 0 aromatic heterocycles. The first-order chi connectivity index (χ1) is 9.77. The first kappa shape index (κ1) is 23.4. The second kappa shape index (κ2) is 20.1. The molecule has 0 aromatic carbocycles. The van der Waals surface area contributed by atoms with Crippen molar-refractivity contribution in [2.24, 2.45) is 0 Å². The molecule has 0 saturated heterocycles. The Morgan fingerprint density at radius 3 is 1.19 bits per heavy atom. The summed E-state index contributed by atoms with van der Waals surface area (Å²) in [6.07, 6.45) is 20.2. The van der Waals surface area contributed by atoms with E-state index in [1.165, 1.54) is 83.5 Å². The third-order valence-electron chi connectivity index (χ3n) is 3.99. The monoisotopic (exact) mass is 477 g/mol. The van der Waals surface area contributed by atoms with Gasteiger partial charge in [-0.15, -0.1) is 0 Å². The van der Waals surface area contributed by atoms with Crippen LogP contribution >= 0.6 is 0 Å². The summed E-state index contributed by atoms with van der Waals surface area (Å²) >= 11 is 0. The summed E-state index contributed by atoms with van der Waals surface area (Å²) in [6.45, 7) is 2.27. The molecule has 0 bridgehead atoms. The average molecular weight is 477 g/mol. The topological polar surface area (TPSA) is 37.3 Å². The van der Waals surface area contributed by atoms with E-state index in [-0.39, 0.29) is 20.1 Å². The van der Waals surface area contributed by atoms with Gasteiger partial charge in [0.15, 0.2) is 0 Å². The van der Waals surface area contributed by atoms with Gasteiger partial charge in [-0.2, -0.15) is 0 Å². The van der Waals surface area contributed by atoms with Gasteiger partial charge in [-0.3, -0.25) is 4.79 Å². The Bertz CT molecular complexity index is 207. The van der Waals surface area contributed by atoms with E-state index in [0.717, 1.165) is 12.8 Å². The second-order valence-electron chi connectivity index (χ2n) is 6.09. The predicted molar refractivity (Wildman–Crippen MR) is 87.2 cm³/mol. The van der Waals surface area contributed by atoms with Gasteiger partial charge in [-0.25, -0.2) is 0 Å². The van der Waals surface area contributed by atoms with E-state index < -0.39 is 5.97 Å². The van der Waals surface area contributed by atoms with Crippen molar-refractivity contribution in [2.75, 3.05) is 0 Å². The smallest absolute Gasteiger partial charge is 0.303 e. The molecule has 0 aliphatic carbocycles. The third-order valence-corrected chi connectivity index (χ3v) is 3.99. The normalized spacial score (nSPS) is 10.3. The van der Waals surface area contributed by atoms with Crippen LogP contribution in [0, 0.1) is 0 Å². The third kappa shape index (κ3) is 22.5. The Morgan fingerprint density at radius 1 is 0.619 bits per heavy atom. The Kier molecular flexibility index (Phi) is 22.4. The van der Waals surface area contributed by atoms with Crippen LogP contribution in [0.5, 0.6) is 0 Å². The number of carboxylic acid groups (broad SMARTS) is 1. The maximum absolute atomic E-state index is 10.3. The molecule has 0 rings (SSSR count). The summed E-state index contributed by atoms with van der Waals surface area (Å²) in [5.74, 6) is -0.653. The fourth-order valence-electron chi connectivity index (χ4n) is 2.65. The van der Waals surface area contributed by atoms with Crippen LogP contribution in [-0.4, -0.2) is 11.1 Å². The number of carboxylic acids is 1. The number of hydrogen-bond donors (Lipinski definition) is 1. The largest absolute Gasteiger partial charge is 0.481 e. The fourth-order valence-corrected chi connectivity index (χ4v) is 2.65. The minimum Gasteiger partial charge on any atom is -0.481 e. The number of hydrogen-bond acceptors (Lipinski definition) is 1. The second-order valence-corrected chi connectivity index (χ2v) is 6.09. The molecule has 21 heavy (non-hydrogen) atoms. The van der Waals surface area contributed by atoms with Crippen molar-refractivity contribution < 1.29 is 30.0 Å². The first-order valence-electron chi connectivity index (χ1n) is 8.99. The summed E-state index contributed by atoms with van der Waals surface area (Å²) in [5.41, 5.74) is 0. The van der Waals surface area contributed by atoms with Gasteiger partial charge in [-0.1, -0.05) is 96.8 Å². The predicted octanol–water partition coefficient (Wildman–Crippen LogP) is 6.33. The van der Waals surface area contributed by atoms with Gasteiger partial charge in [-0.05, 0) is 6.42 Å². The van der Waals surface area contributed by atoms with Crippen LogP contribution in [0.25, 0.3) is 0 Å². The zero-order valence-electron chi connectivity index (χ0n) is 14.0. The molecule has 0 aromatic rings. The van der Waals surface area contributed by atoms with E-state index in [1.807, 2.05) is 0 Å². The minimum absolute atomic E-state index is 0. The van der Waals surface area contributed by atoms with E-state index in [1.54, 1.807) is 0 Å². The van der Waals surface area contributed by atoms with Crippen molar-refractivity contribution in [3.8, 4) is 0 Å². The van der Waals surface area contributed by atoms with E-state index in [9.17, 15) is 4.79 Å². The van der Waals surface area contributed by atoms with Crippen molar-refractivity contribution >= 4 is 5.97 Å². The molecular weight excluding hydrogens is 440 g/mol. The molecule has 0 amide bonds. The summed E-state index contributed by atoms with van der Waals surface area (Å²) in [5, 5.41) is 8.52. The maximum Gasteiger partial charge on any atom is 0.303 e. The minimum atomic E-state index is -0.653. The summed E-state index contributed by atoms with van der Waals surface area (Å²) in [4.78, 5) is 10.3. The van der Waals surface area contributed by atoms with Crippen LogP contribution in [-0.2, 0) is 24.9 Å². The van der Waals surface area contributed by atoms with Crippen LogP contribution in [0.4, 0.5) is 0 Å². The summed E-state index contributed by atoms with van der Waals surface area (Å²) in [6, 6.07) is 0. The fraction of sp³-hybridized carbons (Fsp3) is 0.944. The van der Waals surface area contributed by atoms with Crippen molar-refractivity contribution in [1.29, 1.82) is 0 Å². The Morgan fingerprint density at radius 2 is 0.905 bits per heavy atom. The van der Waals surface area contributed by atoms with Crippen molar-refractivity contribution in [2.45, 2.75) is 110 Å². The van der Waals surface area contributed by atoms with Crippen molar-refractivity contribution in [1.82, 2.24) is 0 Å². The molecule has 2 nitrogen and oxygen atoms in total. The molecule has 1 radical (unpaired) electrons. The van der Waals surface area contributed by atoms with Gasteiger partial charge in [0.2, 0.25) is 0 Å². The summed E-state index contributed by atoms with van der Waals surface area (Å²) < 4.78 is 0. The molecule has 0 spiro atoms. The van der Waals surface area contributed by atoms with Crippen molar-refractivity contribution in [3.63, 3.8) is 0 Å². The SMILES string of the molecule is CCCCCCCCCCCCCCCCCC(=O)O.[Ir]. The molecule has 0 unspecified atom stereocenters. The molecule has 0 aliphatic heterocycles. The van der Waals surface area contributed by atoms with Gasteiger partial charge < -0.3 is 5.11 Å². The number of unbranched alkanes of at least 4 members (excludes halogenated alkanes) is 14. The molecule has 0 atom stereocenters. The number of rotatable bonds is 16. The van der Waals surface area contributed by atoms with E-state index >= 15 is 0 Å². The van der Waals surface area contributed by atoms with Crippen LogP contribution in [0.3, 0.4) is 0 Å². The Balaban J connectivity index is 0. The number of aliphatic carboxylic acids is 1. The maximum atomic E-state index is 10.3. The quantitative estimate of drug-likeness (QED) is 0.264.